The number of ether oxygens (including phenoxy) is 1. The molecule has 0 aliphatic carbocycles. The van der Waals surface area contributed by atoms with Crippen LogP contribution in [-0.2, 0) is 9.53 Å². The Morgan fingerprint density at radius 1 is 1.19 bits per heavy atom. The summed E-state index contributed by atoms with van der Waals surface area (Å²) in [5.41, 5.74) is -0.393. The minimum absolute atomic E-state index is 0.126. The molecule has 0 aliphatic rings. The minimum atomic E-state index is -0.393. The van der Waals surface area contributed by atoms with Crippen molar-refractivity contribution in [2.75, 3.05) is 12.5 Å². The lowest BCUT2D eigenvalue weighted by atomic mass is 9.97. The van der Waals surface area contributed by atoms with Gasteiger partial charge in [0.2, 0.25) is 0 Å². The first-order chi connectivity index (χ1) is 7.48. The van der Waals surface area contributed by atoms with Crippen LogP contribution in [0.4, 0.5) is 0 Å². The highest BCUT2D eigenvalue weighted by molar-refractivity contribution is 6.17. The summed E-state index contributed by atoms with van der Waals surface area (Å²) in [6, 6.07) is 0. The van der Waals surface area contributed by atoms with E-state index in [1.165, 1.54) is 0 Å². The van der Waals surface area contributed by atoms with E-state index in [1.54, 1.807) is 0 Å². The normalized spacial score (nSPS) is 12.0. The molecule has 0 amide bonds. The average Bonchev–Trinajstić information content (AvgIpc) is 2.20. The third kappa shape index (κ3) is 8.78. The molecule has 0 spiro atoms. The summed E-state index contributed by atoms with van der Waals surface area (Å²) in [5, 5.41) is 0. The van der Waals surface area contributed by atoms with Crippen LogP contribution in [0.5, 0.6) is 0 Å². The van der Waals surface area contributed by atoms with Crippen LogP contribution in [-0.4, -0.2) is 18.5 Å². The molecule has 0 aromatic carbocycles. The van der Waals surface area contributed by atoms with Crippen molar-refractivity contribution in [3.8, 4) is 0 Å². The minimum Gasteiger partial charge on any atom is -0.465 e. The van der Waals surface area contributed by atoms with Gasteiger partial charge in [0.1, 0.15) is 0 Å². The maximum Gasteiger partial charge on any atom is 0.311 e. The molecule has 0 aromatic rings. The van der Waals surface area contributed by atoms with E-state index in [0.29, 0.717) is 12.5 Å². The average molecular weight is 247 g/mol. The molecule has 0 saturated heterocycles. The molecule has 0 N–H and O–H groups in total. The fourth-order valence-electron chi connectivity index (χ4n) is 1.01. The number of carbonyl (C=O) groups excluding carboxylic acids is 1. The monoisotopic (exact) mass is 246 g/mol. The second kappa shape index (κ2) is 8.63. The van der Waals surface area contributed by atoms with E-state index in [9.17, 15) is 4.79 Å². The molecular formula is C13H23ClO2. The zero-order chi connectivity index (χ0) is 12.4. The highest BCUT2D eigenvalue weighted by Crippen LogP contribution is 2.15. The number of alkyl halides is 1. The molecule has 0 aromatic heterocycles. The van der Waals surface area contributed by atoms with Crippen molar-refractivity contribution in [1.29, 1.82) is 0 Å². The van der Waals surface area contributed by atoms with Gasteiger partial charge in [0.05, 0.1) is 12.0 Å². The molecule has 0 saturated carbocycles. The largest absolute Gasteiger partial charge is 0.465 e. The Hall–Kier alpha value is -0.500. The molecule has 0 unspecified atom stereocenters. The second-order valence-electron chi connectivity index (χ2n) is 4.83. The van der Waals surface area contributed by atoms with Crippen molar-refractivity contribution in [3.05, 3.63) is 12.2 Å². The summed E-state index contributed by atoms with van der Waals surface area (Å²) in [4.78, 5) is 11.4. The van der Waals surface area contributed by atoms with Crippen molar-refractivity contribution in [3.63, 3.8) is 0 Å². The number of carbonyl (C=O) groups is 1. The zero-order valence-electron chi connectivity index (χ0n) is 10.6. The summed E-state index contributed by atoms with van der Waals surface area (Å²) in [5.74, 6) is 0.590. The third-order valence-electron chi connectivity index (χ3n) is 2.03. The van der Waals surface area contributed by atoms with E-state index in [0.717, 1.165) is 25.7 Å². The smallest absolute Gasteiger partial charge is 0.311 e. The number of hydrogen-bond acceptors (Lipinski definition) is 2. The molecule has 0 aliphatic heterocycles. The van der Waals surface area contributed by atoms with Crippen molar-refractivity contribution >= 4 is 17.6 Å². The second-order valence-corrected chi connectivity index (χ2v) is 5.21. The van der Waals surface area contributed by atoms with Crippen molar-refractivity contribution < 1.29 is 9.53 Å². The molecule has 94 valence electrons. The van der Waals surface area contributed by atoms with Gasteiger partial charge in [0.15, 0.2) is 0 Å². The number of esters is 1. The van der Waals surface area contributed by atoms with E-state index in [2.05, 4.69) is 12.2 Å². The van der Waals surface area contributed by atoms with Gasteiger partial charge in [-0.3, -0.25) is 4.79 Å². The van der Waals surface area contributed by atoms with Crippen LogP contribution in [0.3, 0.4) is 0 Å². The van der Waals surface area contributed by atoms with Crippen molar-refractivity contribution in [2.24, 2.45) is 5.41 Å². The summed E-state index contributed by atoms with van der Waals surface area (Å²) in [6.45, 7) is 6.10. The third-order valence-corrected chi connectivity index (χ3v) is 2.30. The molecule has 0 fully saturated rings. The standard InChI is InChI=1S/C13H23ClO2/c1-13(2,3)12(15)16-11-9-7-5-4-6-8-10-14/h4-5H,6-11H2,1-3H3/b5-4+. The Morgan fingerprint density at radius 2 is 1.75 bits per heavy atom. The van der Waals surface area contributed by atoms with Gasteiger partial charge in [-0.05, 0) is 46.5 Å². The molecule has 0 bridgehead atoms. The highest BCUT2D eigenvalue weighted by atomic mass is 35.5. The van der Waals surface area contributed by atoms with Crippen LogP contribution < -0.4 is 0 Å². The molecule has 0 atom stereocenters. The van der Waals surface area contributed by atoms with Crippen LogP contribution in [0.25, 0.3) is 0 Å². The van der Waals surface area contributed by atoms with Crippen LogP contribution in [0.15, 0.2) is 12.2 Å². The van der Waals surface area contributed by atoms with Gasteiger partial charge in [0, 0.05) is 5.88 Å². The molecule has 0 heterocycles. The van der Waals surface area contributed by atoms with Crippen LogP contribution >= 0.6 is 11.6 Å². The first kappa shape index (κ1) is 15.5. The lowest BCUT2D eigenvalue weighted by Crippen LogP contribution is -2.23. The van der Waals surface area contributed by atoms with Crippen molar-refractivity contribution in [2.45, 2.75) is 46.5 Å². The molecule has 2 nitrogen and oxygen atoms in total. The van der Waals surface area contributed by atoms with Gasteiger partial charge in [-0.25, -0.2) is 0 Å². The van der Waals surface area contributed by atoms with Gasteiger partial charge in [-0.2, -0.15) is 0 Å². The molecule has 16 heavy (non-hydrogen) atoms. The van der Waals surface area contributed by atoms with Gasteiger partial charge in [-0.15, -0.1) is 11.6 Å². The van der Waals surface area contributed by atoms with E-state index in [1.807, 2.05) is 20.8 Å². The van der Waals surface area contributed by atoms with E-state index < -0.39 is 5.41 Å². The number of rotatable bonds is 7. The van der Waals surface area contributed by atoms with Crippen LogP contribution in [0.2, 0.25) is 0 Å². The van der Waals surface area contributed by atoms with Gasteiger partial charge in [0.25, 0.3) is 0 Å². The quantitative estimate of drug-likeness (QED) is 0.294. The van der Waals surface area contributed by atoms with Gasteiger partial charge >= 0.3 is 5.97 Å². The number of halogens is 1. The van der Waals surface area contributed by atoms with Gasteiger partial charge in [-0.1, -0.05) is 12.2 Å². The number of hydrogen-bond donors (Lipinski definition) is 0. The summed E-state index contributed by atoms with van der Waals surface area (Å²) in [6.07, 6.45) is 8.16. The SMILES string of the molecule is CC(C)(C)C(=O)OCCC/C=C/CCCCl. The van der Waals surface area contributed by atoms with Crippen LogP contribution in [0, 0.1) is 5.41 Å². The summed E-state index contributed by atoms with van der Waals surface area (Å²) >= 11 is 5.55. The Balaban J connectivity index is 3.40. The van der Waals surface area contributed by atoms with Gasteiger partial charge < -0.3 is 4.74 Å². The zero-order valence-corrected chi connectivity index (χ0v) is 11.3. The van der Waals surface area contributed by atoms with E-state index >= 15 is 0 Å². The lowest BCUT2D eigenvalue weighted by Gasteiger charge is -2.16. The summed E-state index contributed by atoms with van der Waals surface area (Å²) < 4.78 is 5.14. The van der Waals surface area contributed by atoms with E-state index in [-0.39, 0.29) is 5.97 Å². The molecule has 3 heteroatoms. The number of allylic oxidation sites excluding steroid dienone is 2. The molecule has 0 radical (unpaired) electrons. The topological polar surface area (TPSA) is 26.3 Å². The Kier molecular flexibility index (Phi) is 8.36. The predicted molar refractivity (Wildman–Crippen MR) is 68.7 cm³/mol. The van der Waals surface area contributed by atoms with Crippen molar-refractivity contribution in [1.82, 2.24) is 0 Å². The first-order valence-corrected chi connectivity index (χ1v) is 6.40. The fraction of sp³-hybridized carbons (Fsp3) is 0.769. The summed E-state index contributed by atoms with van der Waals surface area (Å²) in [7, 11) is 0. The van der Waals surface area contributed by atoms with Crippen LogP contribution in [0.1, 0.15) is 46.5 Å². The Bertz CT molecular complexity index is 216. The number of unbranched alkanes of at least 4 members (excludes halogenated alkanes) is 2. The molecular weight excluding hydrogens is 224 g/mol. The van der Waals surface area contributed by atoms with E-state index in [4.69, 9.17) is 16.3 Å². The lowest BCUT2D eigenvalue weighted by molar-refractivity contribution is -0.152. The Morgan fingerprint density at radius 3 is 2.25 bits per heavy atom. The fourth-order valence-corrected chi connectivity index (χ4v) is 1.17. The highest BCUT2D eigenvalue weighted by Gasteiger charge is 2.22. The Labute approximate surface area is 104 Å². The maximum absolute atomic E-state index is 11.4. The molecule has 0 rings (SSSR count). The first-order valence-electron chi connectivity index (χ1n) is 5.86. The predicted octanol–water partition coefficient (Wildman–Crippen LogP) is 3.93. The maximum atomic E-state index is 11.4.